The number of aliphatic hydroxyl groups excluding tert-OH is 1. The number of hydrogen-bond acceptors (Lipinski definition) is 15. The summed E-state index contributed by atoms with van der Waals surface area (Å²) in [5, 5.41) is 22.2. The Kier molecular flexibility index (Phi) is 38.7. The van der Waals surface area contributed by atoms with E-state index in [0.29, 0.717) is 53.1 Å². The average Bonchev–Trinajstić information content (AvgIpc) is 0.787. The Balaban J connectivity index is 0.000000307. The fraction of sp³-hybridized carbons (Fsp3) is 0.289. The predicted molar refractivity (Wildman–Crippen MR) is 418 cm³/mol. The van der Waals surface area contributed by atoms with Crippen molar-refractivity contribution in [3.05, 3.63) is 315 Å². The number of hydrogen-bond donors (Lipinski definition) is 5. The minimum absolute atomic E-state index is 0. The highest BCUT2D eigenvalue weighted by Crippen LogP contribution is 2.31. The van der Waals surface area contributed by atoms with E-state index in [1.807, 2.05) is 56.3 Å². The van der Waals surface area contributed by atoms with Crippen LogP contribution in [0.1, 0.15) is 102 Å². The highest BCUT2D eigenvalue weighted by atomic mass is 32.2. The summed E-state index contributed by atoms with van der Waals surface area (Å²) in [5.41, 5.74) is 19.6. The summed E-state index contributed by atoms with van der Waals surface area (Å²) in [7, 11) is -10.3. The Labute approximate surface area is 651 Å². The zero-order valence-electron chi connectivity index (χ0n) is 60.5. The molecule has 0 saturated carbocycles. The van der Waals surface area contributed by atoms with Crippen LogP contribution >= 0.6 is 0 Å². The van der Waals surface area contributed by atoms with Gasteiger partial charge >= 0.3 is 12.2 Å². The number of aliphatic hydroxyl groups is 1. The van der Waals surface area contributed by atoms with Crippen molar-refractivity contribution in [2.45, 2.75) is 109 Å². The third-order valence-electron chi connectivity index (χ3n) is 16.5. The lowest BCUT2D eigenvalue weighted by molar-refractivity contribution is 0.0989. The molecule has 0 bridgehead atoms. The first-order valence-electron chi connectivity index (χ1n) is 34.5. The van der Waals surface area contributed by atoms with Gasteiger partial charge in [0.2, 0.25) is 0 Å². The summed E-state index contributed by atoms with van der Waals surface area (Å²) in [6, 6.07) is 48.7. The predicted octanol–water partition coefficient (Wildman–Crippen LogP) is 15.6. The lowest BCUT2D eigenvalue weighted by atomic mass is 9.98. The molecule has 9 aromatic rings. The lowest BCUT2D eigenvalue weighted by Gasteiger charge is -2.29. The molecule has 2 heterocycles. The monoisotopic (exact) mass is 1610 g/mol. The molecule has 0 fully saturated rings. The summed E-state index contributed by atoms with van der Waals surface area (Å²) in [6.07, 6.45) is 1.99. The number of nitrogens with two attached hydrogens (primary N) is 2. The normalized spacial score (nSPS) is 14.1. The van der Waals surface area contributed by atoms with Gasteiger partial charge in [0.15, 0.2) is 19.7 Å². The maximum absolute atomic E-state index is 13.7. The van der Waals surface area contributed by atoms with Crippen molar-refractivity contribution in [2.24, 2.45) is 11.5 Å². The van der Waals surface area contributed by atoms with Gasteiger partial charge in [0.25, 0.3) is 10.1 Å². The largest absolute Gasteiger partial charge is 0.415 e. The second-order valence-electron chi connectivity index (χ2n) is 25.4. The molecule has 602 valence electrons. The van der Waals surface area contributed by atoms with Gasteiger partial charge in [-0.25, -0.2) is 61.5 Å². The summed E-state index contributed by atoms with van der Waals surface area (Å²) in [6.45, 7) is 10.4. The first-order chi connectivity index (χ1) is 52.1. The topological polar surface area (TPSA) is 290 Å². The summed E-state index contributed by atoms with van der Waals surface area (Å²) >= 11 is 0. The lowest BCUT2D eigenvalue weighted by Crippen LogP contribution is -2.45. The molecule has 18 nitrogen and oxygen atoms in total. The third-order valence-corrected chi connectivity index (χ3v) is 20.6. The number of halogens is 8. The van der Waals surface area contributed by atoms with Crippen LogP contribution in [-0.4, -0.2) is 114 Å². The molecule has 0 aliphatic carbocycles. The standard InChI is InChI=1S/C29H32F2N2O5S.C18H17F2NO2.C11H15NO2S.C8H9F2N.C8H5F2N.C7H8O3S.2CH4/c1-2-20-8-9-22-18-39(36,37)19-28(27(22)14-20)32-16-25(34)17-33(29(35)38-26-6-4-3-5-7-26)11-10-21-12-23(30)15-24(31)13-21;1-2-9-21(18(22)23-17-6-4-3-5-7-17)10-8-14-11-15(19)13-16(20)12-14;1-2-8-3-4-9-6-15(13,14)7-11(12)10(9)5-8;2*9-7-3-6(1-2-11)4-8(10)5-7;1-6-2-4-7(5-3-6)11(8,9)10;;/h3-9,12-15,25,28,32,34H,2,10-11,16-19H2,1H3;2-7,11-13H,1,8-10H2;3-5,11H,2,6-7,12H2,1H3;3-5H,1-2,11H2;3-5H,1H2;2-5H,1H3,(H,8,9,10);2*1H4. The Bertz CT molecular complexity index is 4860. The zero-order valence-corrected chi connectivity index (χ0v) is 63.0. The number of carbonyl (C=O) groups excluding carboxylic acids is 2. The van der Waals surface area contributed by atoms with E-state index in [4.69, 9.17) is 30.8 Å². The Morgan fingerprint density at radius 1 is 0.580 bits per heavy atom. The molecule has 0 spiro atoms. The quantitative estimate of drug-likeness (QED) is 0.0254. The highest BCUT2D eigenvalue weighted by molar-refractivity contribution is 7.91. The van der Waals surface area contributed by atoms with Gasteiger partial charge in [0.1, 0.15) is 58.0 Å². The number of sulfone groups is 2. The van der Waals surface area contributed by atoms with E-state index in [1.165, 1.54) is 63.9 Å². The first kappa shape index (κ1) is 94.2. The number of fused-ring (bicyclic) bond motifs is 2. The number of nitriles is 1. The second kappa shape index (κ2) is 46.0. The van der Waals surface area contributed by atoms with Crippen LogP contribution < -0.4 is 26.3 Å². The van der Waals surface area contributed by atoms with Crippen molar-refractivity contribution in [1.82, 2.24) is 15.1 Å². The molecule has 11 rings (SSSR count). The van der Waals surface area contributed by atoms with Crippen LogP contribution in [0.25, 0.3) is 0 Å². The van der Waals surface area contributed by atoms with E-state index in [1.54, 1.807) is 78.9 Å². The van der Waals surface area contributed by atoms with Crippen LogP contribution in [0.3, 0.4) is 0 Å². The van der Waals surface area contributed by atoms with Crippen LogP contribution in [0, 0.1) is 64.8 Å². The van der Waals surface area contributed by atoms with Gasteiger partial charge in [-0.1, -0.05) is 125 Å². The van der Waals surface area contributed by atoms with Crippen LogP contribution in [0.5, 0.6) is 11.5 Å². The SMILES string of the molecule is C.C.C=CCN(CCc1cc(F)cc(F)c1)C(=O)Oc1ccccc1.CCc1ccc2c(c1)C(N)CS(=O)(=O)C2.CCc1ccc2c(c1)C(NCC(O)CN(CCc1cc(F)cc(F)c1)C(=O)Oc1ccccc1)CS(=O)(=O)C2.Cc1ccc(S(=O)(=O)O)cc1.N#CCc1cc(F)cc(F)c1.NCCc1cc(F)cc(F)c1. The first-order valence-corrected chi connectivity index (χ1v) is 39.6. The number of carbonyl (C=O) groups is 2. The Hall–Kier alpha value is -10.2. The van der Waals surface area contributed by atoms with E-state index >= 15 is 0 Å². The van der Waals surface area contributed by atoms with Crippen molar-refractivity contribution < 1.29 is 89.1 Å². The van der Waals surface area contributed by atoms with Gasteiger partial charge in [0.05, 0.1) is 53.0 Å². The van der Waals surface area contributed by atoms with Crippen molar-refractivity contribution >= 4 is 42.0 Å². The Morgan fingerprint density at radius 3 is 1.38 bits per heavy atom. The zero-order chi connectivity index (χ0) is 80.7. The molecule has 2 aliphatic rings. The van der Waals surface area contributed by atoms with Gasteiger partial charge < -0.3 is 41.2 Å². The maximum atomic E-state index is 13.7. The molecular weight excluding hydrogens is 1520 g/mol. The third kappa shape index (κ3) is 33.0. The number of ether oxygens (including phenoxy) is 2. The fourth-order valence-corrected chi connectivity index (χ4v) is 14.9. The highest BCUT2D eigenvalue weighted by Gasteiger charge is 2.31. The molecule has 0 radical (unpaired) electrons. The maximum Gasteiger partial charge on any atom is 0.415 e. The summed E-state index contributed by atoms with van der Waals surface area (Å²) < 4.78 is 192. The minimum atomic E-state index is -4.02. The van der Waals surface area contributed by atoms with Crippen LogP contribution in [-0.2, 0) is 79.8 Å². The molecule has 2 amide bonds. The smallest absolute Gasteiger partial charge is 0.410 e. The van der Waals surface area contributed by atoms with Gasteiger partial charge in [-0.3, -0.25) is 4.55 Å². The molecule has 0 saturated heterocycles. The van der Waals surface area contributed by atoms with Gasteiger partial charge in [-0.05, 0) is 186 Å². The van der Waals surface area contributed by atoms with Crippen LogP contribution in [0.4, 0.5) is 44.7 Å². The summed E-state index contributed by atoms with van der Waals surface area (Å²) in [5.74, 6) is -4.25. The van der Waals surface area contributed by atoms with Crippen molar-refractivity contribution in [1.29, 1.82) is 5.26 Å². The summed E-state index contributed by atoms with van der Waals surface area (Å²) in [4.78, 5) is 27.8. The molecule has 0 aromatic heterocycles. The van der Waals surface area contributed by atoms with E-state index in [0.717, 1.165) is 82.6 Å². The molecule has 7 N–H and O–H groups in total. The Morgan fingerprint density at radius 2 is 0.973 bits per heavy atom. The molecule has 3 unspecified atom stereocenters. The minimum Gasteiger partial charge on any atom is -0.410 e. The van der Waals surface area contributed by atoms with E-state index < -0.39 is 101 Å². The number of nitrogens with one attached hydrogen (secondary N) is 1. The molecule has 29 heteroatoms. The number of amides is 2. The van der Waals surface area contributed by atoms with Crippen LogP contribution in [0.2, 0.25) is 0 Å². The average molecular weight is 1620 g/mol. The van der Waals surface area contributed by atoms with Gasteiger partial charge in [0, 0.05) is 62.5 Å². The number of rotatable bonds is 21. The second-order valence-corrected chi connectivity index (χ2v) is 31.1. The van der Waals surface area contributed by atoms with Crippen molar-refractivity contribution in [2.75, 3.05) is 50.8 Å². The number of aryl methyl sites for hydroxylation is 3. The molecular formula is C83H94F8N6O12S3. The van der Waals surface area contributed by atoms with Crippen LogP contribution in [0.15, 0.2) is 212 Å². The number of nitrogens with zero attached hydrogens (tertiary/aromatic N) is 3. The number of para-hydroxylation sites is 2. The number of benzene rings is 9. The van der Waals surface area contributed by atoms with E-state index in [9.17, 15) is 75.1 Å². The van der Waals surface area contributed by atoms with Gasteiger partial charge in [-0.15, -0.1) is 6.58 Å². The fourth-order valence-electron chi connectivity index (χ4n) is 11.2. The van der Waals surface area contributed by atoms with E-state index in [2.05, 4.69) is 18.8 Å². The molecule has 112 heavy (non-hydrogen) atoms. The molecule has 9 aromatic carbocycles. The van der Waals surface area contributed by atoms with Crippen molar-refractivity contribution in [3.63, 3.8) is 0 Å². The van der Waals surface area contributed by atoms with E-state index in [-0.39, 0.29) is 94.4 Å². The molecule has 2 aliphatic heterocycles. The van der Waals surface area contributed by atoms with Gasteiger partial charge in [-0.2, -0.15) is 13.7 Å². The van der Waals surface area contributed by atoms with Crippen molar-refractivity contribution in [3.8, 4) is 17.6 Å². The molecule has 3 atom stereocenters.